The molecule has 0 saturated carbocycles. The molecule has 0 aliphatic heterocycles. The number of anilines is 2. The van der Waals surface area contributed by atoms with Crippen LogP contribution < -0.4 is 10.6 Å². The van der Waals surface area contributed by atoms with Gasteiger partial charge in [-0.25, -0.2) is 0 Å². The summed E-state index contributed by atoms with van der Waals surface area (Å²) in [6.45, 7) is 3.80. The first kappa shape index (κ1) is 12.7. The highest BCUT2D eigenvalue weighted by molar-refractivity contribution is 6.31. The standard InChI is InChI=1S/C14H16ClN3/c1-2-18(10-11-5-7-17-8-6-11)14-4-3-12(15)9-13(14)16/h3-9H,2,10,16H2,1H3. The average molecular weight is 262 g/mol. The highest BCUT2D eigenvalue weighted by Gasteiger charge is 2.09. The fraction of sp³-hybridized carbons (Fsp3) is 0.214. The van der Waals surface area contributed by atoms with Crippen LogP contribution in [0, 0.1) is 0 Å². The molecule has 1 aromatic carbocycles. The molecule has 0 bridgehead atoms. The zero-order valence-corrected chi connectivity index (χ0v) is 11.1. The Morgan fingerprint density at radius 1 is 1.22 bits per heavy atom. The van der Waals surface area contributed by atoms with Crippen molar-refractivity contribution in [1.82, 2.24) is 4.98 Å². The molecular weight excluding hydrogens is 246 g/mol. The minimum absolute atomic E-state index is 0.663. The molecule has 0 aliphatic rings. The molecule has 4 heteroatoms. The van der Waals surface area contributed by atoms with Crippen molar-refractivity contribution < 1.29 is 0 Å². The number of benzene rings is 1. The van der Waals surface area contributed by atoms with Gasteiger partial charge in [-0.05, 0) is 42.8 Å². The van der Waals surface area contributed by atoms with Gasteiger partial charge in [-0.15, -0.1) is 0 Å². The smallest absolute Gasteiger partial charge is 0.0603 e. The van der Waals surface area contributed by atoms with E-state index < -0.39 is 0 Å². The second-order valence-electron chi connectivity index (χ2n) is 4.07. The van der Waals surface area contributed by atoms with Crippen LogP contribution in [0.15, 0.2) is 42.7 Å². The van der Waals surface area contributed by atoms with Crippen molar-refractivity contribution in [3.63, 3.8) is 0 Å². The maximum absolute atomic E-state index is 6.01. The van der Waals surface area contributed by atoms with Crippen LogP contribution in [0.4, 0.5) is 11.4 Å². The SMILES string of the molecule is CCN(Cc1ccncc1)c1ccc(Cl)cc1N. The Bertz CT molecular complexity index is 514. The molecule has 2 rings (SSSR count). The van der Waals surface area contributed by atoms with Gasteiger partial charge in [0.05, 0.1) is 11.4 Å². The van der Waals surface area contributed by atoms with E-state index in [1.807, 2.05) is 24.3 Å². The van der Waals surface area contributed by atoms with Crippen LogP contribution in [-0.2, 0) is 6.54 Å². The molecule has 0 unspecified atom stereocenters. The van der Waals surface area contributed by atoms with Crippen LogP contribution in [-0.4, -0.2) is 11.5 Å². The van der Waals surface area contributed by atoms with Crippen LogP contribution >= 0.6 is 11.6 Å². The summed E-state index contributed by atoms with van der Waals surface area (Å²) in [6, 6.07) is 9.63. The molecular formula is C14H16ClN3. The van der Waals surface area contributed by atoms with Gasteiger partial charge in [0.15, 0.2) is 0 Å². The molecule has 0 saturated heterocycles. The summed E-state index contributed by atoms with van der Waals surface area (Å²) in [5, 5.41) is 0.663. The number of nitrogen functional groups attached to an aromatic ring is 1. The number of halogens is 1. The first-order valence-electron chi connectivity index (χ1n) is 5.89. The number of rotatable bonds is 4. The average Bonchev–Trinajstić information content (AvgIpc) is 2.38. The van der Waals surface area contributed by atoms with Gasteiger partial charge in [-0.1, -0.05) is 11.6 Å². The van der Waals surface area contributed by atoms with E-state index in [0.717, 1.165) is 18.8 Å². The molecule has 0 fully saturated rings. The second kappa shape index (κ2) is 5.74. The molecule has 0 atom stereocenters. The Morgan fingerprint density at radius 2 is 1.94 bits per heavy atom. The molecule has 18 heavy (non-hydrogen) atoms. The lowest BCUT2D eigenvalue weighted by Crippen LogP contribution is -2.23. The van der Waals surface area contributed by atoms with Crippen molar-refractivity contribution in [2.24, 2.45) is 0 Å². The van der Waals surface area contributed by atoms with Gasteiger partial charge in [-0.2, -0.15) is 0 Å². The van der Waals surface area contributed by atoms with E-state index in [1.54, 1.807) is 18.5 Å². The minimum atomic E-state index is 0.663. The molecule has 2 N–H and O–H groups in total. The summed E-state index contributed by atoms with van der Waals surface area (Å²) in [5.74, 6) is 0. The van der Waals surface area contributed by atoms with Crippen LogP contribution in [0.3, 0.4) is 0 Å². The third-order valence-corrected chi connectivity index (χ3v) is 3.07. The molecule has 0 amide bonds. The Kier molecular flexibility index (Phi) is 4.05. The third-order valence-electron chi connectivity index (χ3n) is 2.83. The monoisotopic (exact) mass is 261 g/mol. The predicted octanol–water partition coefficient (Wildman–Crippen LogP) is 3.34. The molecule has 0 spiro atoms. The Labute approximate surface area is 112 Å². The lowest BCUT2D eigenvalue weighted by atomic mass is 10.2. The van der Waals surface area contributed by atoms with Gasteiger partial charge in [0.1, 0.15) is 0 Å². The van der Waals surface area contributed by atoms with Crippen molar-refractivity contribution in [3.05, 3.63) is 53.3 Å². The molecule has 0 radical (unpaired) electrons. The maximum atomic E-state index is 6.01. The fourth-order valence-electron chi connectivity index (χ4n) is 1.89. The zero-order valence-electron chi connectivity index (χ0n) is 10.3. The molecule has 94 valence electrons. The Hall–Kier alpha value is -1.74. The number of hydrogen-bond acceptors (Lipinski definition) is 3. The summed E-state index contributed by atoms with van der Waals surface area (Å²) >= 11 is 5.92. The Balaban J connectivity index is 2.23. The van der Waals surface area contributed by atoms with Gasteiger partial charge >= 0.3 is 0 Å². The van der Waals surface area contributed by atoms with E-state index in [2.05, 4.69) is 16.8 Å². The van der Waals surface area contributed by atoms with Crippen LogP contribution in [0.2, 0.25) is 5.02 Å². The van der Waals surface area contributed by atoms with Gasteiger partial charge in [0.25, 0.3) is 0 Å². The van der Waals surface area contributed by atoms with Crippen LogP contribution in [0.1, 0.15) is 12.5 Å². The maximum Gasteiger partial charge on any atom is 0.0603 e. The van der Waals surface area contributed by atoms with Crippen molar-refractivity contribution in [2.45, 2.75) is 13.5 Å². The predicted molar refractivity (Wildman–Crippen MR) is 76.8 cm³/mol. The zero-order chi connectivity index (χ0) is 13.0. The normalized spacial score (nSPS) is 10.3. The number of aromatic nitrogens is 1. The highest BCUT2D eigenvalue weighted by Crippen LogP contribution is 2.27. The van der Waals surface area contributed by atoms with Gasteiger partial charge in [0, 0.05) is 30.5 Å². The number of nitrogens with zero attached hydrogens (tertiary/aromatic N) is 2. The van der Waals surface area contributed by atoms with E-state index in [4.69, 9.17) is 17.3 Å². The summed E-state index contributed by atoms with van der Waals surface area (Å²) in [6.07, 6.45) is 3.60. The molecule has 3 nitrogen and oxygen atoms in total. The van der Waals surface area contributed by atoms with Crippen molar-refractivity contribution >= 4 is 23.0 Å². The first-order valence-corrected chi connectivity index (χ1v) is 6.27. The van der Waals surface area contributed by atoms with Crippen molar-refractivity contribution in [1.29, 1.82) is 0 Å². The lowest BCUT2D eigenvalue weighted by molar-refractivity contribution is 0.832. The minimum Gasteiger partial charge on any atom is -0.397 e. The van der Waals surface area contributed by atoms with E-state index in [9.17, 15) is 0 Å². The van der Waals surface area contributed by atoms with E-state index in [-0.39, 0.29) is 0 Å². The Morgan fingerprint density at radius 3 is 2.56 bits per heavy atom. The number of pyridine rings is 1. The van der Waals surface area contributed by atoms with Gasteiger partial charge in [-0.3, -0.25) is 4.98 Å². The van der Waals surface area contributed by atoms with Crippen LogP contribution in [0.5, 0.6) is 0 Å². The quantitative estimate of drug-likeness (QED) is 0.859. The highest BCUT2D eigenvalue weighted by atomic mass is 35.5. The molecule has 2 aromatic rings. The topological polar surface area (TPSA) is 42.2 Å². The summed E-state index contributed by atoms with van der Waals surface area (Å²) < 4.78 is 0. The fourth-order valence-corrected chi connectivity index (χ4v) is 2.07. The largest absolute Gasteiger partial charge is 0.397 e. The number of nitrogens with two attached hydrogens (primary N) is 1. The van der Waals surface area contributed by atoms with Gasteiger partial charge < -0.3 is 10.6 Å². The van der Waals surface area contributed by atoms with Crippen molar-refractivity contribution in [2.75, 3.05) is 17.2 Å². The summed E-state index contributed by atoms with van der Waals surface area (Å²) in [5.41, 5.74) is 8.94. The molecule has 1 aromatic heterocycles. The third kappa shape index (κ3) is 2.93. The van der Waals surface area contributed by atoms with E-state index in [0.29, 0.717) is 10.7 Å². The summed E-state index contributed by atoms with van der Waals surface area (Å²) in [4.78, 5) is 6.23. The summed E-state index contributed by atoms with van der Waals surface area (Å²) in [7, 11) is 0. The van der Waals surface area contributed by atoms with Gasteiger partial charge in [0.2, 0.25) is 0 Å². The van der Waals surface area contributed by atoms with E-state index >= 15 is 0 Å². The first-order chi connectivity index (χ1) is 8.70. The second-order valence-corrected chi connectivity index (χ2v) is 4.51. The molecule has 0 aliphatic carbocycles. The molecule has 1 heterocycles. The van der Waals surface area contributed by atoms with E-state index in [1.165, 1.54) is 5.56 Å². The van der Waals surface area contributed by atoms with Crippen molar-refractivity contribution in [3.8, 4) is 0 Å². The lowest BCUT2D eigenvalue weighted by Gasteiger charge is -2.24. The van der Waals surface area contributed by atoms with Crippen LogP contribution in [0.25, 0.3) is 0 Å². The number of hydrogen-bond donors (Lipinski definition) is 1.